The zero-order chi connectivity index (χ0) is 8.10. The summed E-state index contributed by atoms with van der Waals surface area (Å²) in [6.45, 7) is 0. The van der Waals surface area contributed by atoms with Crippen LogP contribution in [0.5, 0.6) is 0 Å². The van der Waals surface area contributed by atoms with E-state index in [0.717, 1.165) is 6.29 Å². The maximum Gasteiger partial charge on any atom is 0.193 e. The predicted octanol–water partition coefficient (Wildman–Crippen LogP) is 1.11. The van der Waals surface area contributed by atoms with Gasteiger partial charge in [0.25, 0.3) is 0 Å². The molecule has 1 heterocycles. The van der Waals surface area contributed by atoms with Gasteiger partial charge in [0.15, 0.2) is 12.6 Å². The molecular weight excluding hydrogens is 160 g/mol. The van der Waals surface area contributed by atoms with Gasteiger partial charge in [-0.15, -0.1) is 0 Å². The van der Waals surface area contributed by atoms with E-state index in [-0.39, 0.29) is 0 Å². The predicted molar refractivity (Wildman–Crippen MR) is 42.6 cm³/mol. The Morgan fingerprint density at radius 2 is 2.18 bits per heavy atom. The molecule has 0 fully saturated rings. The molecule has 11 heavy (non-hydrogen) atoms. The SMILES string of the molecule is O=CC#Cc1cscc1C=O. The summed E-state index contributed by atoms with van der Waals surface area (Å²) in [5, 5.41) is 3.43. The Labute approximate surface area is 67.9 Å². The van der Waals surface area contributed by atoms with Crippen LogP contribution in [0.15, 0.2) is 10.8 Å². The van der Waals surface area contributed by atoms with E-state index in [2.05, 4.69) is 11.8 Å². The van der Waals surface area contributed by atoms with Crippen molar-refractivity contribution in [2.24, 2.45) is 0 Å². The normalized spacial score (nSPS) is 8.00. The van der Waals surface area contributed by atoms with E-state index in [9.17, 15) is 9.59 Å². The van der Waals surface area contributed by atoms with Crippen LogP contribution in [0, 0.1) is 11.8 Å². The van der Waals surface area contributed by atoms with Gasteiger partial charge in [-0.1, -0.05) is 5.92 Å². The lowest BCUT2D eigenvalue weighted by atomic mass is 10.2. The number of hydrogen-bond acceptors (Lipinski definition) is 3. The molecule has 0 radical (unpaired) electrons. The Hall–Kier alpha value is -1.40. The molecule has 2 nitrogen and oxygen atoms in total. The fourth-order valence-corrected chi connectivity index (χ4v) is 1.34. The molecule has 3 heteroatoms. The number of carbonyl (C=O) groups excluding carboxylic acids is 2. The van der Waals surface area contributed by atoms with E-state index in [1.165, 1.54) is 11.3 Å². The molecule has 0 aliphatic rings. The molecule has 0 spiro atoms. The first-order valence-electron chi connectivity index (χ1n) is 2.85. The molecule has 1 aromatic heterocycles. The van der Waals surface area contributed by atoms with Crippen molar-refractivity contribution in [3.63, 3.8) is 0 Å². The highest BCUT2D eigenvalue weighted by Crippen LogP contribution is 2.10. The molecule has 0 N–H and O–H groups in total. The second-order valence-electron chi connectivity index (χ2n) is 1.75. The molecular formula is C8H4O2S. The van der Waals surface area contributed by atoms with Crippen molar-refractivity contribution in [2.45, 2.75) is 0 Å². The second kappa shape index (κ2) is 3.69. The summed E-state index contributed by atoms with van der Waals surface area (Å²) in [6.07, 6.45) is 1.23. The molecule has 0 saturated heterocycles. The first kappa shape index (κ1) is 7.70. The second-order valence-corrected chi connectivity index (χ2v) is 2.49. The van der Waals surface area contributed by atoms with Crippen molar-refractivity contribution in [2.75, 3.05) is 0 Å². The van der Waals surface area contributed by atoms with Crippen LogP contribution in [0.2, 0.25) is 0 Å². The quantitative estimate of drug-likeness (QED) is 0.460. The third kappa shape index (κ3) is 1.76. The van der Waals surface area contributed by atoms with Gasteiger partial charge >= 0.3 is 0 Å². The van der Waals surface area contributed by atoms with Crippen LogP contribution < -0.4 is 0 Å². The van der Waals surface area contributed by atoms with Crippen molar-refractivity contribution >= 4 is 23.9 Å². The van der Waals surface area contributed by atoms with E-state index in [4.69, 9.17) is 0 Å². The van der Waals surface area contributed by atoms with Gasteiger partial charge in [-0.3, -0.25) is 9.59 Å². The largest absolute Gasteiger partial charge is 0.298 e. The van der Waals surface area contributed by atoms with Crippen LogP contribution in [0.4, 0.5) is 0 Å². The highest BCUT2D eigenvalue weighted by atomic mass is 32.1. The molecule has 0 saturated carbocycles. The monoisotopic (exact) mass is 164 g/mol. The van der Waals surface area contributed by atoms with Crippen LogP contribution in [0.1, 0.15) is 15.9 Å². The van der Waals surface area contributed by atoms with Crippen LogP contribution >= 0.6 is 11.3 Å². The van der Waals surface area contributed by atoms with Crippen LogP contribution in [0.3, 0.4) is 0 Å². The van der Waals surface area contributed by atoms with Gasteiger partial charge in [0, 0.05) is 21.9 Å². The molecule has 0 atom stereocenters. The number of carbonyl (C=O) groups is 2. The van der Waals surface area contributed by atoms with E-state index in [1.54, 1.807) is 10.8 Å². The van der Waals surface area contributed by atoms with Gasteiger partial charge in [0.2, 0.25) is 0 Å². The van der Waals surface area contributed by atoms with Crippen molar-refractivity contribution in [3.8, 4) is 11.8 Å². The molecule has 0 aliphatic heterocycles. The van der Waals surface area contributed by atoms with Crippen molar-refractivity contribution in [1.29, 1.82) is 0 Å². The Kier molecular flexibility index (Phi) is 2.59. The smallest absolute Gasteiger partial charge is 0.193 e. The topological polar surface area (TPSA) is 34.1 Å². The van der Waals surface area contributed by atoms with Gasteiger partial charge in [0.1, 0.15) is 0 Å². The molecule has 1 rings (SSSR count). The average Bonchev–Trinajstić information content (AvgIpc) is 2.47. The third-order valence-corrected chi connectivity index (χ3v) is 1.85. The molecule has 1 aromatic rings. The van der Waals surface area contributed by atoms with E-state index < -0.39 is 0 Å². The molecule has 0 bridgehead atoms. The van der Waals surface area contributed by atoms with Crippen molar-refractivity contribution in [1.82, 2.24) is 0 Å². The van der Waals surface area contributed by atoms with Gasteiger partial charge < -0.3 is 0 Å². The lowest BCUT2D eigenvalue weighted by Gasteiger charge is -1.80. The minimum atomic E-state index is 0.506. The van der Waals surface area contributed by atoms with Crippen LogP contribution in [-0.2, 0) is 4.79 Å². The molecule has 54 valence electrons. The maximum absolute atomic E-state index is 10.3. The molecule has 0 unspecified atom stereocenters. The fourth-order valence-electron chi connectivity index (χ4n) is 0.607. The summed E-state index contributed by atoms with van der Waals surface area (Å²) < 4.78 is 0. The summed E-state index contributed by atoms with van der Waals surface area (Å²) in [5.74, 6) is 4.80. The summed E-state index contributed by atoms with van der Waals surface area (Å²) >= 11 is 1.39. The van der Waals surface area contributed by atoms with Crippen LogP contribution in [-0.4, -0.2) is 12.6 Å². The zero-order valence-electron chi connectivity index (χ0n) is 5.53. The first-order chi connectivity index (χ1) is 5.38. The van der Waals surface area contributed by atoms with Crippen LogP contribution in [0.25, 0.3) is 0 Å². The fraction of sp³-hybridized carbons (Fsp3) is 0. The van der Waals surface area contributed by atoms with Gasteiger partial charge in [-0.25, -0.2) is 0 Å². The molecule has 0 amide bonds. The third-order valence-electron chi connectivity index (χ3n) is 1.08. The minimum absolute atomic E-state index is 0.506. The van der Waals surface area contributed by atoms with Crippen molar-refractivity contribution < 1.29 is 9.59 Å². The zero-order valence-corrected chi connectivity index (χ0v) is 6.35. The summed E-state index contributed by atoms with van der Waals surface area (Å²) in [4.78, 5) is 20.1. The van der Waals surface area contributed by atoms with Crippen molar-refractivity contribution in [3.05, 3.63) is 21.9 Å². The minimum Gasteiger partial charge on any atom is -0.298 e. The Morgan fingerprint density at radius 1 is 1.36 bits per heavy atom. The maximum atomic E-state index is 10.3. The molecule has 0 aliphatic carbocycles. The highest BCUT2D eigenvalue weighted by molar-refractivity contribution is 7.08. The Bertz CT molecular complexity index is 327. The standard InChI is InChI=1S/C8H4O2S/c9-3-1-2-7-5-11-6-8(7)4-10/h3-6H. The van der Waals surface area contributed by atoms with Gasteiger partial charge in [-0.2, -0.15) is 11.3 Å². The molecule has 0 aromatic carbocycles. The summed E-state index contributed by atoms with van der Waals surface area (Å²) in [7, 11) is 0. The van der Waals surface area contributed by atoms with E-state index >= 15 is 0 Å². The lowest BCUT2D eigenvalue weighted by molar-refractivity contribution is -0.103. The van der Waals surface area contributed by atoms with E-state index in [1.807, 2.05) is 0 Å². The number of thiophene rings is 1. The lowest BCUT2D eigenvalue weighted by Crippen LogP contribution is -1.78. The summed E-state index contributed by atoms with van der Waals surface area (Å²) in [5.41, 5.74) is 1.17. The first-order valence-corrected chi connectivity index (χ1v) is 3.79. The Balaban J connectivity index is 3.01. The number of aldehydes is 2. The highest BCUT2D eigenvalue weighted by Gasteiger charge is 1.97. The summed E-state index contributed by atoms with van der Waals surface area (Å²) in [6, 6.07) is 0. The van der Waals surface area contributed by atoms with Gasteiger partial charge in [-0.05, 0) is 5.92 Å². The number of rotatable bonds is 1. The Morgan fingerprint density at radius 3 is 2.82 bits per heavy atom. The van der Waals surface area contributed by atoms with E-state index in [0.29, 0.717) is 17.4 Å². The van der Waals surface area contributed by atoms with Gasteiger partial charge in [0.05, 0.1) is 0 Å². The number of hydrogen-bond donors (Lipinski definition) is 0. The average molecular weight is 164 g/mol.